The molecule has 0 aromatic rings. The molecule has 78 valence electrons. The predicted molar refractivity (Wildman–Crippen MR) is 62.4 cm³/mol. The van der Waals surface area contributed by atoms with Crippen molar-refractivity contribution in [1.82, 2.24) is 4.90 Å². The van der Waals surface area contributed by atoms with Gasteiger partial charge in [-0.2, -0.15) is 0 Å². The van der Waals surface area contributed by atoms with Gasteiger partial charge in [0.25, 0.3) is 0 Å². The molecule has 1 heterocycles. The zero-order chi connectivity index (χ0) is 10.1. The molecule has 0 N–H and O–H groups in total. The van der Waals surface area contributed by atoms with E-state index in [0.29, 0.717) is 10.2 Å². The van der Waals surface area contributed by atoms with Gasteiger partial charge in [-0.05, 0) is 24.3 Å². The van der Waals surface area contributed by atoms with E-state index in [4.69, 9.17) is 0 Å². The Kier molecular flexibility index (Phi) is 3.82. The van der Waals surface area contributed by atoms with Gasteiger partial charge < -0.3 is 4.90 Å². The highest BCUT2D eigenvalue weighted by Gasteiger charge is 2.37. The summed E-state index contributed by atoms with van der Waals surface area (Å²) in [6.45, 7) is 13.0. The van der Waals surface area contributed by atoms with Gasteiger partial charge in [0.05, 0.1) is 0 Å². The number of alkyl halides is 1. The molecule has 0 aromatic carbocycles. The van der Waals surface area contributed by atoms with Crippen LogP contribution >= 0.6 is 15.9 Å². The molecule has 0 aromatic heterocycles. The first-order valence-corrected chi connectivity index (χ1v) is 6.20. The third-order valence-corrected chi connectivity index (χ3v) is 4.45. The van der Waals surface area contributed by atoms with E-state index in [-0.39, 0.29) is 0 Å². The molecule has 1 atom stereocenters. The lowest BCUT2D eigenvalue weighted by atomic mass is 9.93. The maximum atomic E-state index is 3.77. The Morgan fingerprint density at radius 1 is 1.46 bits per heavy atom. The van der Waals surface area contributed by atoms with Crippen LogP contribution < -0.4 is 0 Å². The van der Waals surface area contributed by atoms with Crippen LogP contribution in [0.15, 0.2) is 0 Å². The van der Waals surface area contributed by atoms with E-state index in [9.17, 15) is 0 Å². The van der Waals surface area contributed by atoms with Crippen LogP contribution in [0.5, 0.6) is 0 Å². The fraction of sp³-hybridized carbons (Fsp3) is 1.00. The van der Waals surface area contributed by atoms with Crippen molar-refractivity contribution in [1.29, 1.82) is 0 Å². The predicted octanol–water partition coefficient (Wildman–Crippen LogP) is 3.14. The minimum atomic E-state index is 0.455. The van der Waals surface area contributed by atoms with Crippen molar-refractivity contribution in [3.8, 4) is 0 Å². The second kappa shape index (κ2) is 4.31. The minimum Gasteiger partial charge on any atom is -0.302 e. The number of hydrogen-bond donors (Lipinski definition) is 0. The summed E-state index contributed by atoms with van der Waals surface area (Å²) in [7, 11) is 0. The number of rotatable bonds is 3. The van der Waals surface area contributed by atoms with Gasteiger partial charge in [0.15, 0.2) is 0 Å². The summed E-state index contributed by atoms with van der Waals surface area (Å²) >= 11 is 3.77. The Balaban J connectivity index is 2.32. The van der Waals surface area contributed by atoms with E-state index in [1.54, 1.807) is 0 Å². The van der Waals surface area contributed by atoms with Crippen LogP contribution in [0.25, 0.3) is 0 Å². The van der Waals surface area contributed by atoms with Gasteiger partial charge in [-0.1, -0.05) is 43.6 Å². The van der Waals surface area contributed by atoms with Crippen LogP contribution in [0.2, 0.25) is 0 Å². The van der Waals surface area contributed by atoms with Gasteiger partial charge in [-0.3, -0.25) is 0 Å². The van der Waals surface area contributed by atoms with E-state index in [2.05, 4.69) is 48.5 Å². The zero-order valence-electron chi connectivity index (χ0n) is 9.31. The average molecular weight is 248 g/mol. The fourth-order valence-corrected chi connectivity index (χ4v) is 2.38. The third-order valence-electron chi connectivity index (χ3n) is 2.92. The van der Waals surface area contributed by atoms with Crippen LogP contribution in [-0.4, -0.2) is 29.4 Å². The molecule has 2 heteroatoms. The van der Waals surface area contributed by atoms with E-state index < -0.39 is 0 Å². The van der Waals surface area contributed by atoms with Gasteiger partial charge in [0.1, 0.15) is 0 Å². The molecule has 1 rings (SSSR count). The minimum absolute atomic E-state index is 0.455. The molecule has 1 unspecified atom stereocenters. The Morgan fingerprint density at radius 2 is 2.08 bits per heavy atom. The second-order valence-corrected chi connectivity index (χ2v) is 6.48. The van der Waals surface area contributed by atoms with Crippen molar-refractivity contribution >= 4 is 15.9 Å². The Hall–Kier alpha value is 0.440. The van der Waals surface area contributed by atoms with Gasteiger partial charge in [0.2, 0.25) is 0 Å². The summed E-state index contributed by atoms with van der Waals surface area (Å²) in [5.74, 6) is 0.831. The molecule has 1 fully saturated rings. The smallest absolute Gasteiger partial charge is 0.0336 e. The molecule has 13 heavy (non-hydrogen) atoms. The molecular formula is C11H22BrN. The summed E-state index contributed by atoms with van der Waals surface area (Å²) in [5, 5.41) is 0. The van der Waals surface area contributed by atoms with Crippen molar-refractivity contribution in [2.75, 3.05) is 19.6 Å². The average Bonchev–Trinajstić information content (AvgIpc) is 2.22. The maximum absolute atomic E-state index is 3.77. The van der Waals surface area contributed by atoms with Gasteiger partial charge in [-0.15, -0.1) is 0 Å². The Bertz CT molecular complexity index is 165. The molecule has 1 aliphatic heterocycles. The first-order valence-electron chi connectivity index (χ1n) is 5.28. The summed E-state index contributed by atoms with van der Waals surface area (Å²) in [4.78, 5) is 3.26. The lowest BCUT2D eigenvalue weighted by molar-refractivity contribution is 0.276. The summed E-state index contributed by atoms with van der Waals surface area (Å²) < 4.78 is 0. The van der Waals surface area contributed by atoms with E-state index in [1.165, 1.54) is 26.1 Å². The van der Waals surface area contributed by atoms with Crippen molar-refractivity contribution in [2.45, 2.75) is 38.9 Å². The summed E-state index contributed by atoms with van der Waals surface area (Å²) in [6.07, 6.45) is 1.33. The molecule has 1 saturated heterocycles. The molecule has 1 nitrogen and oxygen atoms in total. The Labute approximate surface area is 91.0 Å². The van der Waals surface area contributed by atoms with Gasteiger partial charge in [0, 0.05) is 17.9 Å². The van der Waals surface area contributed by atoms with Crippen LogP contribution in [0.1, 0.15) is 34.1 Å². The number of likely N-dealkylation sites (tertiary alicyclic amines) is 1. The van der Waals surface area contributed by atoms with E-state index in [1.807, 2.05) is 0 Å². The highest BCUT2D eigenvalue weighted by Crippen LogP contribution is 2.34. The topological polar surface area (TPSA) is 3.24 Å². The molecular weight excluding hydrogens is 226 g/mol. The van der Waals surface area contributed by atoms with E-state index in [0.717, 1.165) is 5.92 Å². The van der Waals surface area contributed by atoms with Gasteiger partial charge >= 0.3 is 0 Å². The lowest BCUT2D eigenvalue weighted by Gasteiger charge is -2.21. The molecule has 0 amide bonds. The lowest BCUT2D eigenvalue weighted by Crippen LogP contribution is -2.25. The number of nitrogens with zero attached hydrogens (tertiary/aromatic N) is 1. The Morgan fingerprint density at radius 3 is 2.46 bits per heavy atom. The summed E-state index contributed by atoms with van der Waals surface area (Å²) in [6, 6.07) is 0. The quantitative estimate of drug-likeness (QED) is 0.693. The van der Waals surface area contributed by atoms with Crippen LogP contribution in [-0.2, 0) is 0 Å². The second-order valence-electron chi connectivity index (χ2n) is 5.37. The molecule has 0 radical (unpaired) electrons. The van der Waals surface area contributed by atoms with Crippen LogP contribution in [0, 0.1) is 11.3 Å². The summed E-state index contributed by atoms with van der Waals surface area (Å²) in [5.41, 5.74) is 0.455. The van der Waals surface area contributed by atoms with Crippen LogP contribution in [0.4, 0.5) is 0 Å². The van der Waals surface area contributed by atoms with Gasteiger partial charge in [-0.25, -0.2) is 0 Å². The molecule has 0 bridgehead atoms. The first-order chi connectivity index (χ1) is 5.92. The highest BCUT2D eigenvalue weighted by molar-refractivity contribution is 9.09. The normalized spacial score (nSPS) is 28.6. The highest BCUT2D eigenvalue weighted by atomic mass is 79.9. The van der Waals surface area contributed by atoms with E-state index >= 15 is 0 Å². The SMILES string of the molecule is CC(C)CCN1CC(Br)C(C)(C)C1. The standard InChI is InChI=1S/C11H22BrN/c1-9(2)5-6-13-7-10(12)11(3,4)8-13/h9-10H,5-8H2,1-4H3. The monoisotopic (exact) mass is 247 g/mol. The molecule has 1 aliphatic rings. The number of hydrogen-bond acceptors (Lipinski definition) is 1. The molecule has 0 spiro atoms. The zero-order valence-corrected chi connectivity index (χ0v) is 10.9. The largest absolute Gasteiger partial charge is 0.302 e. The van der Waals surface area contributed by atoms with Crippen LogP contribution in [0.3, 0.4) is 0 Å². The van der Waals surface area contributed by atoms with Crippen molar-refractivity contribution in [3.63, 3.8) is 0 Å². The fourth-order valence-electron chi connectivity index (χ4n) is 1.82. The maximum Gasteiger partial charge on any atom is 0.0336 e. The molecule has 0 saturated carbocycles. The van der Waals surface area contributed by atoms with Crippen molar-refractivity contribution < 1.29 is 0 Å². The number of halogens is 1. The van der Waals surface area contributed by atoms with Crippen molar-refractivity contribution in [3.05, 3.63) is 0 Å². The van der Waals surface area contributed by atoms with Crippen molar-refractivity contribution in [2.24, 2.45) is 11.3 Å². The molecule has 0 aliphatic carbocycles. The third kappa shape index (κ3) is 3.25. The first kappa shape index (κ1) is 11.5.